The van der Waals surface area contributed by atoms with E-state index in [1.807, 2.05) is 18.2 Å². The lowest BCUT2D eigenvalue weighted by Crippen LogP contribution is -2.58. The van der Waals surface area contributed by atoms with Crippen LogP contribution in [-0.2, 0) is 24.5 Å². The predicted octanol–water partition coefficient (Wildman–Crippen LogP) is 1.25. The third kappa shape index (κ3) is 4.97. The summed E-state index contributed by atoms with van der Waals surface area (Å²) in [5.74, 6) is -0.639. The number of amides is 2. The van der Waals surface area contributed by atoms with Gasteiger partial charge in [-0.15, -0.1) is 0 Å². The molecule has 2 amide bonds. The molecule has 0 saturated carbocycles. The fraction of sp³-hybridized carbons (Fsp3) is 0.526. The number of methoxy groups -OCH3 is 1. The van der Waals surface area contributed by atoms with Crippen LogP contribution >= 0.6 is 0 Å². The number of ether oxygens (including phenoxy) is 2. The molecule has 1 aliphatic rings. The van der Waals surface area contributed by atoms with E-state index in [1.54, 1.807) is 6.07 Å². The number of esters is 1. The normalized spacial score (nSPS) is 17.5. The molecule has 1 N–H and O–H groups in total. The summed E-state index contributed by atoms with van der Waals surface area (Å²) in [7, 11) is 1.25. The molecule has 1 aromatic carbocycles. The van der Waals surface area contributed by atoms with Gasteiger partial charge < -0.3 is 19.7 Å². The molecule has 0 aromatic heterocycles. The highest BCUT2D eigenvalue weighted by Gasteiger charge is 2.35. The molecule has 1 heterocycles. The molecule has 1 aromatic rings. The molecule has 26 heavy (non-hydrogen) atoms. The number of nitrogens with one attached hydrogen (secondary N) is 1. The number of carbonyl (C=O) groups excluding carboxylic acids is 3. The standard InChI is InChI=1S/C19H26N2O5/c1-19(2,3)13-6-5-7-14(10-13)26-12-16(22)21-9-8-20-18(24)15(21)11-17(23)25-4/h5-7,10,15H,8-9,11-12H2,1-4H3,(H,20,24)/t15-/m1/s1. The molecule has 1 atom stereocenters. The van der Waals surface area contributed by atoms with Crippen molar-refractivity contribution in [1.29, 1.82) is 0 Å². The van der Waals surface area contributed by atoms with Crippen LogP contribution in [0.3, 0.4) is 0 Å². The number of rotatable bonds is 5. The highest BCUT2D eigenvalue weighted by atomic mass is 16.5. The predicted molar refractivity (Wildman–Crippen MR) is 95.8 cm³/mol. The molecule has 1 aliphatic heterocycles. The summed E-state index contributed by atoms with van der Waals surface area (Å²) >= 11 is 0. The largest absolute Gasteiger partial charge is 0.484 e. The van der Waals surface area contributed by atoms with Gasteiger partial charge in [0, 0.05) is 13.1 Å². The molecule has 7 nitrogen and oxygen atoms in total. The van der Waals surface area contributed by atoms with E-state index in [1.165, 1.54) is 12.0 Å². The molecule has 1 saturated heterocycles. The Kier molecular flexibility index (Phi) is 6.23. The average Bonchev–Trinajstić information content (AvgIpc) is 2.60. The van der Waals surface area contributed by atoms with Gasteiger partial charge in [0.1, 0.15) is 11.8 Å². The first-order valence-corrected chi connectivity index (χ1v) is 8.59. The van der Waals surface area contributed by atoms with Crippen LogP contribution in [0.25, 0.3) is 0 Å². The van der Waals surface area contributed by atoms with Gasteiger partial charge in [0.2, 0.25) is 5.91 Å². The van der Waals surface area contributed by atoms with Crippen molar-refractivity contribution in [2.45, 2.75) is 38.6 Å². The van der Waals surface area contributed by atoms with Gasteiger partial charge in [-0.3, -0.25) is 14.4 Å². The summed E-state index contributed by atoms with van der Waals surface area (Å²) in [4.78, 5) is 37.5. The van der Waals surface area contributed by atoms with Gasteiger partial charge in [-0.2, -0.15) is 0 Å². The van der Waals surface area contributed by atoms with E-state index in [-0.39, 0.29) is 30.3 Å². The minimum Gasteiger partial charge on any atom is -0.484 e. The lowest BCUT2D eigenvalue weighted by atomic mass is 9.87. The summed E-state index contributed by atoms with van der Waals surface area (Å²) in [6.45, 7) is 6.78. The van der Waals surface area contributed by atoms with Crippen molar-refractivity contribution >= 4 is 17.8 Å². The minimum absolute atomic E-state index is 0.0278. The van der Waals surface area contributed by atoms with E-state index >= 15 is 0 Å². The second kappa shape index (κ2) is 8.21. The first kappa shape index (κ1) is 19.8. The number of hydrogen-bond acceptors (Lipinski definition) is 5. The highest BCUT2D eigenvalue weighted by Crippen LogP contribution is 2.25. The Labute approximate surface area is 153 Å². The Morgan fingerprint density at radius 3 is 2.69 bits per heavy atom. The first-order valence-electron chi connectivity index (χ1n) is 8.59. The molecule has 2 rings (SSSR count). The van der Waals surface area contributed by atoms with E-state index in [0.29, 0.717) is 18.8 Å². The van der Waals surface area contributed by atoms with Crippen LogP contribution in [0.15, 0.2) is 24.3 Å². The third-order valence-electron chi connectivity index (χ3n) is 4.30. The Balaban J connectivity index is 2.03. The van der Waals surface area contributed by atoms with Crippen molar-refractivity contribution < 1.29 is 23.9 Å². The van der Waals surface area contributed by atoms with Gasteiger partial charge in [0.15, 0.2) is 6.61 Å². The molecule has 1 fully saturated rings. The van der Waals surface area contributed by atoms with E-state index in [9.17, 15) is 14.4 Å². The summed E-state index contributed by atoms with van der Waals surface area (Å²) in [6.07, 6.45) is -0.173. The SMILES string of the molecule is COC(=O)C[C@@H]1C(=O)NCCN1C(=O)COc1cccc(C(C)(C)C)c1. The van der Waals surface area contributed by atoms with Crippen LogP contribution in [0, 0.1) is 0 Å². The molecule has 0 bridgehead atoms. The van der Waals surface area contributed by atoms with Crippen LogP contribution in [0.5, 0.6) is 5.75 Å². The van der Waals surface area contributed by atoms with E-state index < -0.39 is 12.0 Å². The van der Waals surface area contributed by atoms with Crippen LogP contribution in [-0.4, -0.2) is 55.5 Å². The maximum atomic E-state index is 12.5. The van der Waals surface area contributed by atoms with Crippen molar-refractivity contribution in [2.24, 2.45) is 0 Å². The van der Waals surface area contributed by atoms with Gasteiger partial charge in [-0.05, 0) is 23.1 Å². The van der Waals surface area contributed by atoms with Crippen molar-refractivity contribution in [3.05, 3.63) is 29.8 Å². The van der Waals surface area contributed by atoms with Gasteiger partial charge in [0.05, 0.1) is 13.5 Å². The monoisotopic (exact) mass is 362 g/mol. The highest BCUT2D eigenvalue weighted by molar-refractivity contribution is 5.92. The second-order valence-corrected chi connectivity index (χ2v) is 7.24. The molecule has 0 unspecified atom stereocenters. The Hall–Kier alpha value is -2.57. The third-order valence-corrected chi connectivity index (χ3v) is 4.30. The molecule has 142 valence electrons. The zero-order valence-corrected chi connectivity index (χ0v) is 15.7. The smallest absolute Gasteiger partial charge is 0.308 e. The lowest BCUT2D eigenvalue weighted by molar-refractivity contribution is -0.151. The maximum Gasteiger partial charge on any atom is 0.308 e. The quantitative estimate of drug-likeness (QED) is 0.797. The summed E-state index contributed by atoms with van der Waals surface area (Å²) in [6, 6.07) is 6.72. The molecular weight excluding hydrogens is 336 g/mol. The Morgan fingerprint density at radius 1 is 1.31 bits per heavy atom. The van der Waals surface area contributed by atoms with Crippen molar-refractivity contribution in [2.75, 3.05) is 26.8 Å². The second-order valence-electron chi connectivity index (χ2n) is 7.24. The van der Waals surface area contributed by atoms with Crippen molar-refractivity contribution in [3.8, 4) is 5.75 Å². The molecular formula is C19H26N2O5. The molecule has 7 heteroatoms. The topological polar surface area (TPSA) is 84.9 Å². The number of benzene rings is 1. The Morgan fingerprint density at radius 2 is 2.04 bits per heavy atom. The minimum atomic E-state index is -0.867. The van der Waals surface area contributed by atoms with E-state index in [4.69, 9.17) is 4.74 Å². The van der Waals surface area contributed by atoms with E-state index in [2.05, 4.69) is 30.8 Å². The zero-order chi connectivity index (χ0) is 19.3. The van der Waals surface area contributed by atoms with E-state index in [0.717, 1.165) is 5.56 Å². The van der Waals surface area contributed by atoms with Gasteiger partial charge >= 0.3 is 5.97 Å². The molecule has 0 spiro atoms. The van der Waals surface area contributed by atoms with Crippen LogP contribution in [0.4, 0.5) is 0 Å². The fourth-order valence-corrected chi connectivity index (χ4v) is 2.74. The summed E-state index contributed by atoms with van der Waals surface area (Å²) < 4.78 is 10.2. The number of hydrogen-bond donors (Lipinski definition) is 1. The van der Waals surface area contributed by atoms with Gasteiger partial charge in [0.25, 0.3) is 5.91 Å². The van der Waals surface area contributed by atoms with Gasteiger partial charge in [-0.25, -0.2) is 0 Å². The number of piperazine rings is 1. The van der Waals surface area contributed by atoms with Crippen LogP contribution < -0.4 is 10.1 Å². The first-order chi connectivity index (χ1) is 12.2. The lowest BCUT2D eigenvalue weighted by Gasteiger charge is -2.34. The molecule has 0 aliphatic carbocycles. The van der Waals surface area contributed by atoms with Crippen LogP contribution in [0.2, 0.25) is 0 Å². The summed E-state index contributed by atoms with van der Waals surface area (Å²) in [5, 5.41) is 2.66. The maximum absolute atomic E-state index is 12.5. The fourth-order valence-electron chi connectivity index (χ4n) is 2.74. The average molecular weight is 362 g/mol. The van der Waals surface area contributed by atoms with Crippen LogP contribution in [0.1, 0.15) is 32.8 Å². The van der Waals surface area contributed by atoms with Crippen molar-refractivity contribution in [1.82, 2.24) is 10.2 Å². The van der Waals surface area contributed by atoms with Crippen molar-refractivity contribution in [3.63, 3.8) is 0 Å². The number of carbonyl (C=O) groups is 3. The molecule has 0 radical (unpaired) electrons. The zero-order valence-electron chi connectivity index (χ0n) is 15.7. The van der Waals surface area contributed by atoms with Gasteiger partial charge in [-0.1, -0.05) is 32.9 Å². The summed E-state index contributed by atoms with van der Waals surface area (Å²) in [5.41, 5.74) is 1.07. The number of nitrogens with zero attached hydrogens (tertiary/aromatic N) is 1. The Bertz CT molecular complexity index is 681.